The minimum atomic E-state index is 0.853. The maximum atomic E-state index is 3.67. The summed E-state index contributed by atoms with van der Waals surface area (Å²) in [7, 11) is 0. The third kappa shape index (κ3) is 1.89. The summed E-state index contributed by atoms with van der Waals surface area (Å²) in [6.07, 6.45) is 5.71. The molecule has 2 fully saturated rings. The molecule has 1 heterocycles. The van der Waals surface area contributed by atoms with Crippen molar-refractivity contribution in [2.75, 3.05) is 11.5 Å². The molecular weight excluding hydrogens is 142 g/mol. The SMILES string of the molecule is C1CSC[C@@H](NC2CC2)C1. The molecule has 1 N–H and O–H groups in total. The molecule has 0 amide bonds. The lowest BCUT2D eigenvalue weighted by molar-refractivity contribution is 0.505. The fourth-order valence-corrected chi connectivity index (χ4v) is 2.54. The van der Waals surface area contributed by atoms with Gasteiger partial charge < -0.3 is 5.32 Å². The van der Waals surface area contributed by atoms with Crippen molar-refractivity contribution in [2.45, 2.75) is 37.8 Å². The molecule has 1 aliphatic heterocycles. The van der Waals surface area contributed by atoms with Gasteiger partial charge in [0.2, 0.25) is 0 Å². The van der Waals surface area contributed by atoms with Crippen LogP contribution in [-0.4, -0.2) is 23.6 Å². The van der Waals surface area contributed by atoms with Crippen LogP contribution in [0.2, 0.25) is 0 Å². The van der Waals surface area contributed by atoms with Crippen molar-refractivity contribution in [3.05, 3.63) is 0 Å². The van der Waals surface area contributed by atoms with E-state index in [0.717, 1.165) is 12.1 Å². The lowest BCUT2D eigenvalue weighted by Crippen LogP contribution is -2.35. The number of hydrogen-bond donors (Lipinski definition) is 1. The third-order valence-corrected chi connectivity index (χ3v) is 3.42. The second-order valence-corrected chi connectivity index (χ2v) is 4.50. The largest absolute Gasteiger partial charge is 0.310 e. The van der Waals surface area contributed by atoms with Crippen molar-refractivity contribution in [1.29, 1.82) is 0 Å². The van der Waals surface area contributed by atoms with E-state index in [1.54, 1.807) is 0 Å². The molecule has 2 heteroatoms. The summed E-state index contributed by atoms with van der Waals surface area (Å²) in [5, 5.41) is 3.67. The fraction of sp³-hybridized carbons (Fsp3) is 1.00. The zero-order valence-corrected chi connectivity index (χ0v) is 7.12. The summed E-state index contributed by atoms with van der Waals surface area (Å²) in [6, 6.07) is 1.76. The Hall–Kier alpha value is 0.310. The standard InChI is InChI=1S/C8H15NS/c1-2-8(6-10-5-1)9-7-3-4-7/h7-9H,1-6H2/t8-/m0/s1. The topological polar surface area (TPSA) is 12.0 Å². The average molecular weight is 157 g/mol. The molecule has 0 aromatic carbocycles. The van der Waals surface area contributed by atoms with E-state index >= 15 is 0 Å². The smallest absolute Gasteiger partial charge is 0.0161 e. The van der Waals surface area contributed by atoms with Gasteiger partial charge in [-0.15, -0.1) is 0 Å². The van der Waals surface area contributed by atoms with Gasteiger partial charge in [0.15, 0.2) is 0 Å². The lowest BCUT2D eigenvalue weighted by Gasteiger charge is -2.22. The Morgan fingerprint density at radius 1 is 1.10 bits per heavy atom. The van der Waals surface area contributed by atoms with Crippen molar-refractivity contribution in [1.82, 2.24) is 5.32 Å². The highest BCUT2D eigenvalue weighted by atomic mass is 32.2. The molecule has 0 unspecified atom stereocenters. The first-order valence-electron chi connectivity index (χ1n) is 4.29. The molecule has 1 aliphatic carbocycles. The molecular formula is C8H15NS. The molecule has 2 aliphatic rings. The first kappa shape index (κ1) is 6.99. The van der Waals surface area contributed by atoms with Gasteiger partial charge in [0.25, 0.3) is 0 Å². The second kappa shape index (κ2) is 3.14. The summed E-state index contributed by atoms with van der Waals surface area (Å²) in [6.45, 7) is 0. The quantitative estimate of drug-likeness (QED) is 0.654. The summed E-state index contributed by atoms with van der Waals surface area (Å²) >= 11 is 2.11. The zero-order chi connectivity index (χ0) is 6.81. The van der Waals surface area contributed by atoms with Gasteiger partial charge in [-0.25, -0.2) is 0 Å². The predicted molar refractivity (Wildman–Crippen MR) is 46.5 cm³/mol. The Balaban J connectivity index is 1.69. The minimum Gasteiger partial charge on any atom is -0.310 e. The first-order chi connectivity index (χ1) is 4.95. The number of thioether (sulfide) groups is 1. The Bertz CT molecular complexity index is 106. The zero-order valence-electron chi connectivity index (χ0n) is 6.31. The summed E-state index contributed by atoms with van der Waals surface area (Å²) in [5.41, 5.74) is 0. The van der Waals surface area contributed by atoms with Crippen molar-refractivity contribution in [2.24, 2.45) is 0 Å². The van der Waals surface area contributed by atoms with Crippen LogP contribution >= 0.6 is 11.8 Å². The van der Waals surface area contributed by atoms with Crippen molar-refractivity contribution in [3.63, 3.8) is 0 Å². The van der Waals surface area contributed by atoms with Crippen molar-refractivity contribution >= 4 is 11.8 Å². The van der Waals surface area contributed by atoms with E-state index < -0.39 is 0 Å². The monoisotopic (exact) mass is 157 g/mol. The van der Waals surface area contributed by atoms with Gasteiger partial charge in [0, 0.05) is 17.8 Å². The maximum Gasteiger partial charge on any atom is 0.0161 e. The van der Waals surface area contributed by atoms with E-state index in [2.05, 4.69) is 17.1 Å². The molecule has 10 heavy (non-hydrogen) atoms. The Morgan fingerprint density at radius 3 is 2.60 bits per heavy atom. The van der Waals surface area contributed by atoms with Crippen LogP contribution in [0.4, 0.5) is 0 Å². The summed E-state index contributed by atoms with van der Waals surface area (Å²) < 4.78 is 0. The fourth-order valence-electron chi connectivity index (χ4n) is 1.46. The van der Waals surface area contributed by atoms with Crippen LogP contribution in [0.25, 0.3) is 0 Å². The highest BCUT2D eigenvalue weighted by Crippen LogP contribution is 2.23. The minimum absolute atomic E-state index is 0.853. The average Bonchev–Trinajstić information content (AvgIpc) is 2.74. The van der Waals surface area contributed by atoms with Gasteiger partial charge >= 0.3 is 0 Å². The van der Waals surface area contributed by atoms with Gasteiger partial charge in [0.1, 0.15) is 0 Å². The van der Waals surface area contributed by atoms with Gasteiger partial charge in [-0.05, 0) is 31.4 Å². The third-order valence-electron chi connectivity index (χ3n) is 2.21. The molecule has 1 saturated carbocycles. The van der Waals surface area contributed by atoms with Crippen LogP contribution in [0.1, 0.15) is 25.7 Å². The lowest BCUT2D eigenvalue weighted by atomic mass is 10.2. The maximum absolute atomic E-state index is 3.67. The summed E-state index contributed by atoms with van der Waals surface area (Å²) in [5.74, 6) is 2.75. The molecule has 0 spiro atoms. The van der Waals surface area contributed by atoms with E-state index in [9.17, 15) is 0 Å². The highest BCUT2D eigenvalue weighted by Gasteiger charge is 2.25. The van der Waals surface area contributed by atoms with Crippen LogP contribution < -0.4 is 5.32 Å². The van der Waals surface area contributed by atoms with Gasteiger partial charge in [0.05, 0.1) is 0 Å². The van der Waals surface area contributed by atoms with E-state index in [-0.39, 0.29) is 0 Å². The molecule has 0 bridgehead atoms. The molecule has 0 aromatic heterocycles. The van der Waals surface area contributed by atoms with Crippen LogP contribution in [-0.2, 0) is 0 Å². The Kier molecular flexibility index (Phi) is 2.19. The van der Waals surface area contributed by atoms with Crippen molar-refractivity contribution < 1.29 is 0 Å². The summed E-state index contributed by atoms with van der Waals surface area (Å²) in [4.78, 5) is 0. The van der Waals surface area contributed by atoms with E-state index in [0.29, 0.717) is 0 Å². The molecule has 1 atom stereocenters. The highest BCUT2D eigenvalue weighted by molar-refractivity contribution is 7.99. The molecule has 0 aromatic rings. The predicted octanol–water partition coefficient (Wildman–Crippen LogP) is 1.63. The normalized spacial score (nSPS) is 34.2. The van der Waals surface area contributed by atoms with Crippen LogP contribution in [0.3, 0.4) is 0 Å². The van der Waals surface area contributed by atoms with Crippen LogP contribution in [0, 0.1) is 0 Å². The molecule has 1 saturated heterocycles. The number of nitrogens with one attached hydrogen (secondary N) is 1. The van der Waals surface area contributed by atoms with Crippen LogP contribution in [0.15, 0.2) is 0 Å². The Labute approximate surface area is 67.0 Å². The number of hydrogen-bond acceptors (Lipinski definition) is 2. The molecule has 58 valence electrons. The van der Waals surface area contributed by atoms with E-state index in [4.69, 9.17) is 0 Å². The van der Waals surface area contributed by atoms with Gasteiger partial charge in [-0.1, -0.05) is 0 Å². The molecule has 0 radical (unpaired) electrons. The second-order valence-electron chi connectivity index (χ2n) is 3.36. The molecule has 2 rings (SSSR count). The number of rotatable bonds is 2. The van der Waals surface area contributed by atoms with E-state index in [1.807, 2.05) is 0 Å². The Morgan fingerprint density at radius 2 is 2.00 bits per heavy atom. The van der Waals surface area contributed by atoms with E-state index in [1.165, 1.54) is 37.2 Å². The first-order valence-corrected chi connectivity index (χ1v) is 5.44. The molecule has 1 nitrogen and oxygen atoms in total. The van der Waals surface area contributed by atoms with Gasteiger partial charge in [-0.2, -0.15) is 11.8 Å². The van der Waals surface area contributed by atoms with Crippen molar-refractivity contribution in [3.8, 4) is 0 Å². The van der Waals surface area contributed by atoms with Gasteiger partial charge in [-0.3, -0.25) is 0 Å². The van der Waals surface area contributed by atoms with Crippen LogP contribution in [0.5, 0.6) is 0 Å².